The molecule has 1 aliphatic rings. The highest BCUT2D eigenvalue weighted by atomic mass is 79.9. The van der Waals surface area contributed by atoms with Crippen LogP contribution in [0.25, 0.3) is 0 Å². The average Bonchev–Trinajstić information content (AvgIpc) is 2.28. The van der Waals surface area contributed by atoms with E-state index in [1.54, 1.807) is 6.20 Å². The Labute approximate surface area is 118 Å². The topological polar surface area (TPSA) is 33.1 Å². The zero-order valence-corrected chi connectivity index (χ0v) is 12.8. The van der Waals surface area contributed by atoms with Crippen molar-refractivity contribution in [3.63, 3.8) is 0 Å². The third-order valence-electron chi connectivity index (χ3n) is 4.10. The molecule has 0 saturated heterocycles. The maximum absolute atomic E-state index is 10.8. The molecule has 1 aromatic rings. The summed E-state index contributed by atoms with van der Waals surface area (Å²) in [4.78, 5) is 4.18. The molecule has 0 bridgehead atoms. The van der Waals surface area contributed by atoms with Crippen molar-refractivity contribution < 1.29 is 5.11 Å². The first-order valence-electron chi connectivity index (χ1n) is 6.80. The van der Waals surface area contributed by atoms with Crippen LogP contribution in [0.4, 0.5) is 0 Å². The highest BCUT2D eigenvalue weighted by Gasteiger charge is 2.35. The lowest BCUT2D eigenvalue weighted by molar-refractivity contribution is -0.0240. The second-order valence-electron chi connectivity index (χ2n) is 6.01. The molecule has 1 aromatic heterocycles. The van der Waals surface area contributed by atoms with E-state index in [1.165, 1.54) is 6.42 Å². The van der Waals surface area contributed by atoms with Crippen LogP contribution < -0.4 is 0 Å². The standard InChI is InChI=1S/C15H22BrNO/c1-11(2)13-4-3-5-15(18,8-13)7-12-6-14(16)10-17-9-12/h6,9-11,13,18H,3-5,7-8H2,1-2H3. The van der Waals surface area contributed by atoms with Gasteiger partial charge in [-0.15, -0.1) is 0 Å². The molecule has 0 aromatic carbocycles. The number of hydrogen-bond acceptors (Lipinski definition) is 2. The minimum atomic E-state index is -0.532. The summed E-state index contributed by atoms with van der Waals surface area (Å²) < 4.78 is 0.986. The molecule has 0 aliphatic heterocycles. The fraction of sp³-hybridized carbons (Fsp3) is 0.667. The summed E-state index contributed by atoms with van der Waals surface area (Å²) in [6, 6.07) is 2.06. The van der Waals surface area contributed by atoms with Gasteiger partial charge in [0, 0.05) is 23.3 Å². The summed E-state index contributed by atoms with van der Waals surface area (Å²) in [5.74, 6) is 1.32. The average molecular weight is 312 g/mol. The van der Waals surface area contributed by atoms with Gasteiger partial charge in [0.15, 0.2) is 0 Å². The van der Waals surface area contributed by atoms with Crippen LogP contribution in [0, 0.1) is 11.8 Å². The first-order chi connectivity index (χ1) is 8.48. The summed E-state index contributed by atoms with van der Waals surface area (Å²) in [5, 5.41) is 10.8. The number of nitrogens with zero attached hydrogens (tertiary/aromatic N) is 1. The third-order valence-corrected chi connectivity index (χ3v) is 4.53. The number of pyridine rings is 1. The summed E-state index contributed by atoms with van der Waals surface area (Å²) in [7, 11) is 0. The van der Waals surface area contributed by atoms with Crippen molar-refractivity contribution in [1.82, 2.24) is 4.98 Å². The first kappa shape index (κ1) is 14.0. The fourth-order valence-corrected chi connectivity index (χ4v) is 3.46. The second kappa shape index (κ2) is 5.70. The van der Waals surface area contributed by atoms with Crippen molar-refractivity contribution in [2.45, 2.75) is 51.6 Å². The van der Waals surface area contributed by atoms with Crippen LogP contribution in [0.2, 0.25) is 0 Å². The molecule has 1 N–H and O–H groups in total. The fourth-order valence-electron chi connectivity index (χ4n) is 3.05. The van der Waals surface area contributed by atoms with Crippen LogP contribution in [0.1, 0.15) is 45.1 Å². The van der Waals surface area contributed by atoms with Crippen molar-refractivity contribution in [2.24, 2.45) is 11.8 Å². The number of rotatable bonds is 3. The Morgan fingerprint density at radius 1 is 1.50 bits per heavy atom. The minimum absolute atomic E-state index is 0.532. The van der Waals surface area contributed by atoms with Gasteiger partial charge in [-0.2, -0.15) is 0 Å². The Balaban J connectivity index is 2.07. The van der Waals surface area contributed by atoms with E-state index in [0.29, 0.717) is 11.8 Å². The number of halogens is 1. The molecule has 2 rings (SSSR count). The lowest BCUT2D eigenvalue weighted by Crippen LogP contribution is -2.38. The predicted molar refractivity (Wildman–Crippen MR) is 77.4 cm³/mol. The SMILES string of the molecule is CC(C)C1CCCC(O)(Cc2cncc(Br)c2)C1. The van der Waals surface area contributed by atoms with E-state index in [4.69, 9.17) is 0 Å². The maximum Gasteiger partial charge on any atom is 0.0691 e. The van der Waals surface area contributed by atoms with Crippen LogP contribution in [0.15, 0.2) is 22.9 Å². The monoisotopic (exact) mass is 311 g/mol. The van der Waals surface area contributed by atoms with Crippen molar-refractivity contribution in [3.05, 3.63) is 28.5 Å². The van der Waals surface area contributed by atoms with Gasteiger partial charge in [0.05, 0.1) is 5.60 Å². The summed E-state index contributed by atoms with van der Waals surface area (Å²) >= 11 is 3.44. The summed E-state index contributed by atoms with van der Waals surface area (Å²) in [5.41, 5.74) is 0.589. The Hall–Kier alpha value is -0.410. The first-order valence-corrected chi connectivity index (χ1v) is 7.60. The van der Waals surface area contributed by atoms with Crippen LogP contribution in [0.5, 0.6) is 0 Å². The van der Waals surface area contributed by atoms with Gasteiger partial charge in [0.2, 0.25) is 0 Å². The Kier molecular flexibility index (Phi) is 4.44. The van der Waals surface area contributed by atoms with Gasteiger partial charge in [0.25, 0.3) is 0 Å². The smallest absolute Gasteiger partial charge is 0.0691 e. The largest absolute Gasteiger partial charge is 0.390 e. The normalized spacial score (nSPS) is 28.6. The molecule has 0 amide bonds. The molecular formula is C15H22BrNO. The second-order valence-corrected chi connectivity index (χ2v) is 6.93. The van der Waals surface area contributed by atoms with E-state index < -0.39 is 5.60 Å². The van der Waals surface area contributed by atoms with Gasteiger partial charge in [-0.25, -0.2) is 0 Å². The molecule has 0 spiro atoms. The maximum atomic E-state index is 10.8. The quantitative estimate of drug-likeness (QED) is 0.916. The van der Waals surface area contributed by atoms with E-state index in [0.717, 1.165) is 35.7 Å². The van der Waals surface area contributed by atoms with Gasteiger partial charge < -0.3 is 5.11 Å². The molecule has 2 atom stereocenters. The molecular weight excluding hydrogens is 290 g/mol. The van der Waals surface area contributed by atoms with Gasteiger partial charge >= 0.3 is 0 Å². The van der Waals surface area contributed by atoms with Gasteiger partial charge in [0.1, 0.15) is 0 Å². The third kappa shape index (κ3) is 3.55. The number of hydrogen-bond donors (Lipinski definition) is 1. The zero-order valence-electron chi connectivity index (χ0n) is 11.2. The molecule has 100 valence electrons. The van der Waals surface area contributed by atoms with E-state index in [-0.39, 0.29) is 0 Å². The van der Waals surface area contributed by atoms with E-state index in [2.05, 4.69) is 40.8 Å². The van der Waals surface area contributed by atoms with E-state index in [9.17, 15) is 5.11 Å². The van der Waals surface area contributed by atoms with Crippen molar-refractivity contribution >= 4 is 15.9 Å². The summed E-state index contributed by atoms with van der Waals surface area (Å²) in [6.45, 7) is 4.52. The lowest BCUT2D eigenvalue weighted by atomic mass is 9.71. The molecule has 2 nitrogen and oxygen atoms in total. The molecule has 1 saturated carbocycles. The van der Waals surface area contributed by atoms with Gasteiger partial charge in [-0.05, 0) is 58.7 Å². The molecule has 3 heteroatoms. The van der Waals surface area contributed by atoms with Gasteiger partial charge in [-0.3, -0.25) is 4.98 Å². The Bertz CT molecular complexity index is 407. The van der Waals surface area contributed by atoms with Crippen LogP contribution in [-0.4, -0.2) is 15.7 Å². The zero-order chi connectivity index (χ0) is 13.2. The van der Waals surface area contributed by atoms with Gasteiger partial charge in [-0.1, -0.05) is 20.3 Å². The van der Waals surface area contributed by atoms with Crippen LogP contribution in [-0.2, 0) is 6.42 Å². The molecule has 1 heterocycles. The summed E-state index contributed by atoms with van der Waals surface area (Å²) in [6.07, 6.45) is 8.62. The lowest BCUT2D eigenvalue weighted by Gasteiger charge is -2.38. The van der Waals surface area contributed by atoms with Crippen molar-refractivity contribution in [2.75, 3.05) is 0 Å². The molecule has 2 unspecified atom stereocenters. The Morgan fingerprint density at radius 3 is 2.94 bits per heavy atom. The Morgan fingerprint density at radius 2 is 2.28 bits per heavy atom. The minimum Gasteiger partial charge on any atom is -0.390 e. The molecule has 1 aliphatic carbocycles. The number of aliphatic hydroxyl groups is 1. The van der Waals surface area contributed by atoms with Crippen molar-refractivity contribution in [3.8, 4) is 0 Å². The number of aromatic nitrogens is 1. The van der Waals surface area contributed by atoms with E-state index >= 15 is 0 Å². The molecule has 0 radical (unpaired) electrons. The molecule has 1 fully saturated rings. The van der Waals surface area contributed by atoms with Crippen molar-refractivity contribution in [1.29, 1.82) is 0 Å². The van der Waals surface area contributed by atoms with Crippen LogP contribution in [0.3, 0.4) is 0 Å². The highest BCUT2D eigenvalue weighted by molar-refractivity contribution is 9.10. The molecule has 18 heavy (non-hydrogen) atoms. The van der Waals surface area contributed by atoms with E-state index in [1.807, 2.05) is 6.20 Å². The predicted octanol–water partition coefficient (Wildman–Crippen LogP) is 3.96. The van der Waals surface area contributed by atoms with Crippen LogP contribution >= 0.6 is 15.9 Å². The highest BCUT2D eigenvalue weighted by Crippen LogP contribution is 2.38.